The van der Waals surface area contributed by atoms with Crippen LogP contribution < -0.4 is 11.3 Å². The molecule has 0 amide bonds. The van der Waals surface area contributed by atoms with Crippen molar-refractivity contribution >= 4 is 0 Å². The molecule has 2 saturated heterocycles. The van der Waals surface area contributed by atoms with E-state index >= 15 is 0 Å². The molecule has 3 N–H and O–H groups in total. The summed E-state index contributed by atoms with van der Waals surface area (Å²) in [5.74, 6) is 7.04. The lowest BCUT2D eigenvalue weighted by Crippen LogP contribution is -2.54. The fourth-order valence-corrected chi connectivity index (χ4v) is 3.79. The standard InChI is InChI=1S/C14H26N2O3/c1-17-13(10-2-3-10)12(16-15)11-4-6-19-14(8-11)5-7-18-9-14/h10-13,16H,2-9,15H2,1H3. The monoisotopic (exact) mass is 270 g/mol. The van der Waals surface area contributed by atoms with Crippen LogP contribution >= 0.6 is 0 Å². The van der Waals surface area contributed by atoms with Crippen LogP contribution in [-0.2, 0) is 14.2 Å². The number of nitrogens with two attached hydrogens (primary N) is 1. The van der Waals surface area contributed by atoms with Crippen molar-refractivity contribution in [3.05, 3.63) is 0 Å². The van der Waals surface area contributed by atoms with Gasteiger partial charge >= 0.3 is 0 Å². The lowest BCUT2D eigenvalue weighted by atomic mass is 9.79. The molecule has 2 heterocycles. The molecule has 3 aliphatic rings. The summed E-state index contributed by atoms with van der Waals surface area (Å²) in [6, 6.07) is 0.235. The van der Waals surface area contributed by atoms with Gasteiger partial charge in [0.1, 0.15) is 0 Å². The van der Waals surface area contributed by atoms with E-state index in [1.807, 2.05) is 0 Å². The number of hydrazine groups is 1. The second kappa shape index (κ2) is 5.66. The number of hydrogen-bond donors (Lipinski definition) is 2. The van der Waals surface area contributed by atoms with Gasteiger partial charge in [-0.1, -0.05) is 0 Å². The van der Waals surface area contributed by atoms with Crippen LogP contribution in [0.25, 0.3) is 0 Å². The molecule has 1 saturated carbocycles. The molecule has 3 rings (SSSR count). The summed E-state index contributed by atoms with van der Waals surface area (Å²) >= 11 is 0. The molecular weight excluding hydrogens is 244 g/mol. The lowest BCUT2D eigenvalue weighted by molar-refractivity contribution is -0.112. The van der Waals surface area contributed by atoms with E-state index in [0.717, 1.165) is 39.1 Å². The first-order valence-corrected chi connectivity index (χ1v) is 7.49. The van der Waals surface area contributed by atoms with E-state index in [4.69, 9.17) is 20.1 Å². The van der Waals surface area contributed by atoms with E-state index < -0.39 is 0 Å². The Morgan fingerprint density at radius 3 is 2.68 bits per heavy atom. The van der Waals surface area contributed by atoms with Gasteiger partial charge in [-0.3, -0.25) is 11.3 Å². The highest BCUT2D eigenvalue weighted by Crippen LogP contribution is 2.42. The molecule has 0 bridgehead atoms. The van der Waals surface area contributed by atoms with Crippen molar-refractivity contribution in [3.63, 3.8) is 0 Å². The van der Waals surface area contributed by atoms with Gasteiger partial charge in [-0.05, 0) is 37.5 Å². The van der Waals surface area contributed by atoms with Crippen molar-refractivity contribution in [2.75, 3.05) is 26.9 Å². The fraction of sp³-hybridized carbons (Fsp3) is 1.00. The zero-order valence-electron chi connectivity index (χ0n) is 11.8. The van der Waals surface area contributed by atoms with Gasteiger partial charge in [0.15, 0.2) is 0 Å². The first-order chi connectivity index (χ1) is 9.28. The highest BCUT2D eigenvalue weighted by Gasteiger charge is 2.46. The fourth-order valence-electron chi connectivity index (χ4n) is 3.79. The Morgan fingerprint density at radius 1 is 1.26 bits per heavy atom. The van der Waals surface area contributed by atoms with Crippen LogP contribution in [-0.4, -0.2) is 44.7 Å². The molecule has 1 aliphatic carbocycles. The van der Waals surface area contributed by atoms with E-state index in [1.54, 1.807) is 7.11 Å². The number of rotatable bonds is 5. The Kier molecular flexibility index (Phi) is 4.10. The predicted octanol–water partition coefficient (Wildman–Crippen LogP) is 0.829. The SMILES string of the molecule is COC(C1CC1)C(NN)C1CCOC2(CCOC2)C1. The van der Waals surface area contributed by atoms with E-state index in [-0.39, 0.29) is 17.7 Å². The van der Waals surface area contributed by atoms with Gasteiger partial charge in [0.2, 0.25) is 0 Å². The Morgan fingerprint density at radius 2 is 2.11 bits per heavy atom. The van der Waals surface area contributed by atoms with Crippen LogP contribution in [0.5, 0.6) is 0 Å². The molecule has 0 aromatic heterocycles. The molecule has 3 fully saturated rings. The average molecular weight is 270 g/mol. The van der Waals surface area contributed by atoms with E-state index in [2.05, 4.69) is 5.43 Å². The summed E-state index contributed by atoms with van der Waals surface area (Å²) in [5, 5.41) is 0. The molecule has 0 aromatic carbocycles. The van der Waals surface area contributed by atoms with Gasteiger partial charge in [0, 0.05) is 26.7 Å². The van der Waals surface area contributed by atoms with Crippen molar-refractivity contribution in [1.82, 2.24) is 5.43 Å². The largest absolute Gasteiger partial charge is 0.379 e. The van der Waals surface area contributed by atoms with E-state index in [1.165, 1.54) is 12.8 Å². The van der Waals surface area contributed by atoms with Gasteiger partial charge in [-0.2, -0.15) is 0 Å². The molecule has 4 atom stereocenters. The number of nitrogens with one attached hydrogen (secondary N) is 1. The maximum atomic E-state index is 6.01. The van der Waals surface area contributed by atoms with Crippen LogP contribution in [0.2, 0.25) is 0 Å². The van der Waals surface area contributed by atoms with Crippen LogP contribution in [0.4, 0.5) is 0 Å². The third-order valence-corrected chi connectivity index (χ3v) is 5.01. The molecule has 5 nitrogen and oxygen atoms in total. The summed E-state index contributed by atoms with van der Waals surface area (Å²) in [6.07, 6.45) is 5.90. The maximum Gasteiger partial charge on any atom is 0.0939 e. The minimum atomic E-state index is -0.0557. The number of methoxy groups -OCH3 is 1. The lowest BCUT2D eigenvalue weighted by Gasteiger charge is -2.42. The Hall–Kier alpha value is -0.200. The third kappa shape index (κ3) is 2.81. The van der Waals surface area contributed by atoms with Crippen molar-refractivity contribution < 1.29 is 14.2 Å². The van der Waals surface area contributed by atoms with Crippen LogP contribution in [0.3, 0.4) is 0 Å². The first-order valence-electron chi connectivity index (χ1n) is 7.49. The third-order valence-electron chi connectivity index (χ3n) is 5.01. The Balaban J connectivity index is 1.68. The maximum absolute atomic E-state index is 6.01. The zero-order valence-corrected chi connectivity index (χ0v) is 11.8. The second-order valence-corrected chi connectivity index (χ2v) is 6.32. The molecule has 0 aromatic rings. The highest BCUT2D eigenvalue weighted by atomic mass is 16.6. The van der Waals surface area contributed by atoms with Gasteiger partial charge in [-0.25, -0.2) is 0 Å². The molecule has 5 heteroatoms. The van der Waals surface area contributed by atoms with Crippen LogP contribution in [0.15, 0.2) is 0 Å². The molecular formula is C14H26N2O3. The topological polar surface area (TPSA) is 65.7 Å². The summed E-state index contributed by atoms with van der Waals surface area (Å²) in [4.78, 5) is 0. The highest BCUT2D eigenvalue weighted by molar-refractivity contribution is 4.98. The van der Waals surface area contributed by atoms with Crippen LogP contribution in [0.1, 0.15) is 32.1 Å². The van der Waals surface area contributed by atoms with Gasteiger partial charge in [0.25, 0.3) is 0 Å². The molecule has 2 aliphatic heterocycles. The van der Waals surface area contributed by atoms with Gasteiger partial charge in [-0.15, -0.1) is 0 Å². The molecule has 19 heavy (non-hydrogen) atoms. The minimum absolute atomic E-state index is 0.0557. The van der Waals surface area contributed by atoms with Crippen molar-refractivity contribution in [2.45, 2.75) is 49.9 Å². The quantitative estimate of drug-likeness (QED) is 0.572. The van der Waals surface area contributed by atoms with E-state index in [0.29, 0.717) is 11.8 Å². The summed E-state index contributed by atoms with van der Waals surface area (Å²) in [7, 11) is 1.81. The van der Waals surface area contributed by atoms with Crippen molar-refractivity contribution in [2.24, 2.45) is 17.7 Å². The summed E-state index contributed by atoms with van der Waals surface area (Å²) in [6.45, 7) is 2.37. The smallest absolute Gasteiger partial charge is 0.0939 e. The second-order valence-electron chi connectivity index (χ2n) is 6.32. The molecule has 1 spiro atoms. The molecule has 110 valence electrons. The number of ether oxygens (including phenoxy) is 3. The summed E-state index contributed by atoms with van der Waals surface area (Å²) < 4.78 is 17.3. The minimum Gasteiger partial charge on any atom is -0.379 e. The predicted molar refractivity (Wildman–Crippen MR) is 71.5 cm³/mol. The van der Waals surface area contributed by atoms with E-state index in [9.17, 15) is 0 Å². The van der Waals surface area contributed by atoms with Gasteiger partial charge < -0.3 is 14.2 Å². The van der Waals surface area contributed by atoms with Crippen molar-refractivity contribution in [1.29, 1.82) is 0 Å². The zero-order chi connectivity index (χ0) is 13.3. The summed E-state index contributed by atoms with van der Waals surface area (Å²) in [5.41, 5.74) is 2.97. The normalized spacial score (nSPS) is 38.5. The molecule has 4 unspecified atom stereocenters. The number of hydrogen-bond acceptors (Lipinski definition) is 5. The Labute approximate surface area is 115 Å². The van der Waals surface area contributed by atoms with Crippen LogP contribution in [0, 0.1) is 11.8 Å². The first kappa shape index (κ1) is 13.8. The van der Waals surface area contributed by atoms with Gasteiger partial charge in [0.05, 0.1) is 24.4 Å². The van der Waals surface area contributed by atoms with Crippen molar-refractivity contribution in [3.8, 4) is 0 Å². The molecule has 0 radical (unpaired) electrons. The Bertz CT molecular complexity index is 303. The average Bonchev–Trinajstić information content (AvgIpc) is 3.18.